The third-order valence-electron chi connectivity index (χ3n) is 4.93. The van der Waals surface area contributed by atoms with Crippen LogP contribution in [-0.2, 0) is 20.8 Å². The molecule has 0 spiro atoms. The fourth-order valence-corrected chi connectivity index (χ4v) is 3.76. The van der Waals surface area contributed by atoms with Crippen LogP contribution in [0.2, 0.25) is 0 Å². The predicted molar refractivity (Wildman–Crippen MR) is 131 cm³/mol. The molecule has 0 aliphatic rings. The van der Waals surface area contributed by atoms with Crippen molar-refractivity contribution in [3.05, 3.63) is 78.4 Å². The maximum Gasteiger partial charge on any atom is 0.260 e. The average molecular weight is 466 g/mol. The maximum absolute atomic E-state index is 12.6. The topological polar surface area (TPSA) is 96.5 Å². The van der Waals surface area contributed by atoms with E-state index in [0.29, 0.717) is 17.9 Å². The molecule has 0 heterocycles. The van der Waals surface area contributed by atoms with Crippen LogP contribution >= 0.6 is 11.8 Å². The molecule has 3 aromatic rings. The van der Waals surface area contributed by atoms with E-state index in [9.17, 15) is 14.4 Å². The third-order valence-corrected chi connectivity index (χ3v) is 5.58. The molecule has 0 fully saturated rings. The Hall–Kier alpha value is -3.52. The monoisotopic (exact) mass is 465 g/mol. The first-order valence-corrected chi connectivity index (χ1v) is 12.0. The van der Waals surface area contributed by atoms with Gasteiger partial charge in [0.2, 0.25) is 5.91 Å². The highest BCUT2D eigenvalue weighted by atomic mass is 32.2. The van der Waals surface area contributed by atoms with E-state index < -0.39 is 17.9 Å². The Morgan fingerprint density at radius 1 is 0.879 bits per heavy atom. The number of fused-ring (bicyclic) bond motifs is 1. The second kappa shape index (κ2) is 12.5. The molecule has 8 heteroatoms. The van der Waals surface area contributed by atoms with Crippen molar-refractivity contribution in [1.29, 1.82) is 0 Å². The molecule has 33 heavy (non-hydrogen) atoms. The summed E-state index contributed by atoms with van der Waals surface area (Å²) in [6, 6.07) is 21.8. The number of hydrazine groups is 1. The molecule has 0 unspecified atom stereocenters. The van der Waals surface area contributed by atoms with Gasteiger partial charge < -0.3 is 10.1 Å². The van der Waals surface area contributed by atoms with Crippen LogP contribution in [0.1, 0.15) is 12.0 Å². The van der Waals surface area contributed by atoms with Gasteiger partial charge in [-0.15, -0.1) is 0 Å². The molecule has 0 saturated carbocycles. The first-order chi connectivity index (χ1) is 16.1. The number of amides is 3. The van der Waals surface area contributed by atoms with E-state index in [2.05, 4.69) is 16.2 Å². The highest BCUT2D eigenvalue weighted by Gasteiger charge is 2.21. The van der Waals surface area contributed by atoms with Crippen molar-refractivity contribution in [3.8, 4) is 5.75 Å². The van der Waals surface area contributed by atoms with Gasteiger partial charge in [0.05, 0.1) is 6.42 Å². The Bertz CT molecular complexity index is 1090. The van der Waals surface area contributed by atoms with Crippen LogP contribution in [0.3, 0.4) is 0 Å². The van der Waals surface area contributed by atoms with Crippen LogP contribution < -0.4 is 20.9 Å². The van der Waals surface area contributed by atoms with E-state index in [1.807, 2.05) is 66.9 Å². The van der Waals surface area contributed by atoms with Gasteiger partial charge in [-0.05, 0) is 46.9 Å². The van der Waals surface area contributed by atoms with E-state index in [1.54, 1.807) is 23.9 Å². The molecular weight excluding hydrogens is 438 g/mol. The number of carbonyl (C=O) groups is 3. The maximum atomic E-state index is 12.6. The number of thioether (sulfide) groups is 1. The van der Waals surface area contributed by atoms with Crippen molar-refractivity contribution in [1.82, 2.24) is 16.2 Å². The van der Waals surface area contributed by atoms with Crippen LogP contribution in [0.15, 0.2) is 72.8 Å². The molecule has 0 bridgehead atoms. The second-order valence-corrected chi connectivity index (χ2v) is 8.34. The van der Waals surface area contributed by atoms with Crippen LogP contribution in [0, 0.1) is 0 Å². The zero-order valence-electron chi connectivity index (χ0n) is 18.4. The van der Waals surface area contributed by atoms with Gasteiger partial charge in [-0.25, -0.2) is 0 Å². The molecule has 0 aliphatic carbocycles. The van der Waals surface area contributed by atoms with Crippen molar-refractivity contribution < 1.29 is 19.1 Å². The molecule has 0 aliphatic heterocycles. The summed E-state index contributed by atoms with van der Waals surface area (Å²) in [5.41, 5.74) is 5.76. The number of para-hydroxylation sites is 1. The first-order valence-electron chi connectivity index (χ1n) is 10.6. The molecule has 3 amide bonds. The normalized spacial score (nSPS) is 11.4. The smallest absolute Gasteiger partial charge is 0.260 e. The number of benzene rings is 3. The minimum atomic E-state index is -0.790. The Morgan fingerprint density at radius 3 is 2.39 bits per heavy atom. The van der Waals surface area contributed by atoms with Crippen molar-refractivity contribution in [2.24, 2.45) is 0 Å². The van der Waals surface area contributed by atoms with E-state index in [0.717, 1.165) is 16.3 Å². The SMILES string of the molecule is CSCC[C@H](NC(=O)COc1ccccc1)C(=O)NNC(=O)Cc1cccc2ccccc12. The largest absolute Gasteiger partial charge is 0.484 e. The Kier molecular flexibility index (Phi) is 9.14. The predicted octanol–water partition coefficient (Wildman–Crippen LogP) is 2.85. The van der Waals surface area contributed by atoms with Crippen LogP contribution in [0.4, 0.5) is 0 Å². The number of nitrogens with one attached hydrogen (secondary N) is 3. The van der Waals surface area contributed by atoms with Crippen molar-refractivity contribution in [2.45, 2.75) is 18.9 Å². The van der Waals surface area contributed by atoms with Crippen LogP contribution in [0.25, 0.3) is 10.8 Å². The molecule has 1 atom stereocenters. The molecule has 0 saturated heterocycles. The standard InChI is InChI=1S/C25H27N3O4S/c1-33-15-14-22(26-24(30)17-32-20-11-3-2-4-12-20)25(31)28-27-23(29)16-19-10-7-9-18-8-5-6-13-21(18)19/h2-13,22H,14-17H2,1H3,(H,26,30)(H,27,29)(H,28,31)/t22-/m0/s1. The Labute approximate surface area is 197 Å². The van der Waals surface area contributed by atoms with Gasteiger partial charge in [-0.2, -0.15) is 11.8 Å². The van der Waals surface area contributed by atoms with Gasteiger partial charge in [-0.1, -0.05) is 60.7 Å². The number of carbonyl (C=O) groups excluding carboxylic acids is 3. The van der Waals surface area contributed by atoms with Crippen LogP contribution in [-0.4, -0.2) is 42.4 Å². The molecule has 172 valence electrons. The van der Waals surface area contributed by atoms with Gasteiger partial charge >= 0.3 is 0 Å². The van der Waals surface area contributed by atoms with Crippen LogP contribution in [0.5, 0.6) is 5.75 Å². The molecular formula is C25H27N3O4S. The number of hydrogen-bond donors (Lipinski definition) is 3. The lowest BCUT2D eigenvalue weighted by atomic mass is 10.0. The third kappa shape index (κ3) is 7.54. The summed E-state index contributed by atoms with van der Waals surface area (Å²) >= 11 is 1.56. The van der Waals surface area contributed by atoms with Crippen molar-refractivity contribution in [3.63, 3.8) is 0 Å². The number of ether oxygens (including phenoxy) is 1. The summed E-state index contributed by atoms with van der Waals surface area (Å²) in [7, 11) is 0. The Balaban J connectivity index is 1.52. The fraction of sp³-hybridized carbons (Fsp3) is 0.240. The summed E-state index contributed by atoms with van der Waals surface area (Å²) in [5.74, 6) is -0.00640. The summed E-state index contributed by atoms with van der Waals surface area (Å²) in [5, 5.41) is 4.72. The fourth-order valence-electron chi connectivity index (χ4n) is 3.29. The van der Waals surface area contributed by atoms with Gasteiger partial charge in [-0.3, -0.25) is 25.2 Å². The highest BCUT2D eigenvalue weighted by molar-refractivity contribution is 7.98. The zero-order valence-corrected chi connectivity index (χ0v) is 19.2. The molecule has 3 N–H and O–H groups in total. The number of rotatable bonds is 10. The molecule has 0 aromatic heterocycles. The summed E-state index contributed by atoms with van der Waals surface area (Å²) in [6.45, 7) is -0.208. The molecule has 0 radical (unpaired) electrons. The second-order valence-electron chi connectivity index (χ2n) is 7.36. The molecule has 7 nitrogen and oxygen atoms in total. The highest BCUT2D eigenvalue weighted by Crippen LogP contribution is 2.18. The quantitative estimate of drug-likeness (QED) is 0.400. The average Bonchev–Trinajstić information content (AvgIpc) is 2.84. The van der Waals surface area contributed by atoms with Gasteiger partial charge in [0.1, 0.15) is 11.8 Å². The van der Waals surface area contributed by atoms with Gasteiger partial charge in [0.25, 0.3) is 11.8 Å². The summed E-state index contributed by atoms with van der Waals surface area (Å²) < 4.78 is 5.43. The zero-order chi connectivity index (χ0) is 23.5. The minimum Gasteiger partial charge on any atom is -0.484 e. The molecule has 3 aromatic carbocycles. The lowest BCUT2D eigenvalue weighted by Crippen LogP contribution is -2.53. The van der Waals surface area contributed by atoms with Gasteiger partial charge in [0, 0.05) is 0 Å². The van der Waals surface area contributed by atoms with E-state index in [4.69, 9.17) is 4.74 Å². The lowest BCUT2D eigenvalue weighted by Gasteiger charge is -2.18. The minimum absolute atomic E-state index is 0.119. The van der Waals surface area contributed by atoms with E-state index >= 15 is 0 Å². The van der Waals surface area contributed by atoms with E-state index in [-0.39, 0.29) is 18.9 Å². The summed E-state index contributed by atoms with van der Waals surface area (Å²) in [4.78, 5) is 37.4. The molecule has 3 rings (SSSR count). The summed E-state index contributed by atoms with van der Waals surface area (Å²) in [6.07, 6.45) is 2.46. The first kappa shape index (κ1) is 24.1. The van der Waals surface area contributed by atoms with Gasteiger partial charge in [0.15, 0.2) is 6.61 Å². The number of hydrogen-bond acceptors (Lipinski definition) is 5. The lowest BCUT2D eigenvalue weighted by molar-refractivity contribution is -0.132. The van der Waals surface area contributed by atoms with Crippen molar-refractivity contribution >= 4 is 40.3 Å². The van der Waals surface area contributed by atoms with Crippen molar-refractivity contribution in [2.75, 3.05) is 18.6 Å². The van der Waals surface area contributed by atoms with E-state index in [1.165, 1.54) is 0 Å². The Morgan fingerprint density at radius 2 is 1.61 bits per heavy atom.